The van der Waals surface area contributed by atoms with E-state index >= 15 is 0 Å². The summed E-state index contributed by atoms with van der Waals surface area (Å²) in [6, 6.07) is 18.2. The second kappa shape index (κ2) is 7.69. The molecule has 0 radical (unpaired) electrons. The minimum Gasteiger partial charge on any atom is -0.299 e. The monoisotopic (exact) mass is 294 g/mol. The first-order valence-electron chi connectivity index (χ1n) is 7.79. The Morgan fingerprint density at radius 2 is 1.50 bits per heavy atom. The lowest BCUT2D eigenvalue weighted by Crippen LogP contribution is -2.15. The summed E-state index contributed by atoms with van der Waals surface area (Å²) in [5.74, 6) is 0.121. The van der Waals surface area contributed by atoms with Crippen LogP contribution in [0.3, 0.4) is 0 Å². The standard InChI is InChI=1S/C20H22O2/c1-3-20(22)15(2)13-19(21)14-16-9-11-18(12-10-16)17-7-5-4-6-8-17/h4-12,15H,3,13-14H2,1-2H3/t15-/m1/s1. The van der Waals surface area contributed by atoms with Crippen molar-refractivity contribution in [2.75, 3.05) is 0 Å². The number of rotatable bonds is 7. The zero-order valence-corrected chi connectivity index (χ0v) is 13.2. The van der Waals surface area contributed by atoms with Crippen molar-refractivity contribution in [2.45, 2.75) is 33.1 Å². The average molecular weight is 294 g/mol. The molecule has 2 heteroatoms. The number of carbonyl (C=O) groups is 2. The molecule has 2 rings (SSSR count). The lowest BCUT2D eigenvalue weighted by molar-refractivity contribution is -0.127. The third kappa shape index (κ3) is 4.39. The Kier molecular flexibility index (Phi) is 5.65. The number of carbonyl (C=O) groups excluding carboxylic acids is 2. The quantitative estimate of drug-likeness (QED) is 0.755. The summed E-state index contributed by atoms with van der Waals surface area (Å²) in [6.07, 6.45) is 1.24. The van der Waals surface area contributed by atoms with Crippen molar-refractivity contribution in [1.82, 2.24) is 0 Å². The lowest BCUT2D eigenvalue weighted by atomic mass is 9.94. The van der Waals surface area contributed by atoms with Gasteiger partial charge in [-0.05, 0) is 16.7 Å². The molecule has 0 aliphatic heterocycles. The molecule has 2 nitrogen and oxygen atoms in total. The smallest absolute Gasteiger partial charge is 0.137 e. The van der Waals surface area contributed by atoms with E-state index in [1.807, 2.05) is 56.3 Å². The van der Waals surface area contributed by atoms with Gasteiger partial charge in [-0.3, -0.25) is 9.59 Å². The third-order valence-corrected chi connectivity index (χ3v) is 3.89. The van der Waals surface area contributed by atoms with E-state index in [4.69, 9.17) is 0 Å². The van der Waals surface area contributed by atoms with Crippen molar-refractivity contribution in [3.05, 3.63) is 60.2 Å². The Hall–Kier alpha value is -2.22. The zero-order valence-electron chi connectivity index (χ0n) is 13.2. The zero-order chi connectivity index (χ0) is 15.9. The molecule has 0 fully saturated rings. The highest BCUT2D eigenvalue weighted by Crippen LogP contribution is 2.20. The Labute approximate surface area is 132 Å². The van der Waals surface area contributed by atoms with E-state index in [1.54, 1.807) is 0 Å². The van der Waals surface area contributed by atoms with Crippen LogP contribution >= 0.6 is 0 Å². The molecule has 0 saturated heterocycles. The van der Waals surface area contributed by atoms with Gasteiger partial charge in [0, 0.05) is 25.2 Å². The third-order valence-electron chi connectivity index (χ3n) is 3.89. The number of benzene rings is 2. The van der Waals surface area contributed by atoms with Gasteiger partial charge in [0.15, 0.2) is 0 Å². The van der Waals surface area contributed by atoms with Crippen molar-refractivity contribution in [1.29, 1.82) is 0 Å². The maximum Gasteiger partial charge on any atom is 0.137 e. The Morgan fingerprint density at radius 1 is 0.909 bits per heavy atom. The van der Waals surface area contributed by atoms with Crippen molar-refractivity contribution in [2.24, 2.45) is 5.92 Å². The normalized spacial score (nSPS) is 11.9. The summed E-state index contributed by atoms with van der Waals surface area (Å²) in [4.78, 5) is 23.6. The van der Waals surface area contributed by atoms with E-state index < -0.39 is 0 Å². The summed E-state index contributed by atoms with van der Waals surface area (Å²) in [6.45, 7) is 3.67. The fraction of sp³-hybridized carbons (Fsp3) is 0.300. The molecule has 0 aromatic heterocycles. The molecule has 0 amide bonds. The predicted octanol–water partition coefficient (Wildman–Crippen LogP) is 4.47. The van der Waals surface area contributed by atoms with Gasteiger partial charge in [-0.2, -0.15) is 0 Å². The SMILES string of the molecule is CCC(=O)[C@H](C)CC(=O)Cc1ccc(-c2ccccc2)cc1. The molecule has 2 aromatic rings. The molecule has 0 spiro atoms. The highest BCUT2D eigenvalue weighted by Gasteiger charge is 2.15. The number of hydrogen-bond acceptors (Lipinski definition) is 2. The van der Waals surface area contributed by atoms with Gasteiger partial charge < -0.3 is 0 Å². The minimum absolute atomic E-state index is 0.127. The van der Waals surface area contributed by atoms with Crippen LogP contribution in [0.25, 0.3) is 11.1 Å². The summed E-state index contributed by atoms with van der Waals surface area (Å²) < 4.78 is 0. The first-order chi connectivity index (χ1) is 10.6. The van der Waals surface area contributed by atoms with Crippen molar-refractivity contribution >= 4 is 11.6 Å². The second-order valence-electron chi connectivity index (χ2n) is 5.70. The van der Waals surface area contributed by atoms with Crippen LogP contribution in [0.2, 0.25) is 0 Å². The van der Waals surface area contributed by atoms with Gasteiger partial charge >= 0.3 is 0 Å². The van der Waals surface area contributed by atoms with E-state index in [2.05, 4.69) is 12.1 Å². The van der Waals surface area contributed by atoms with Gasteiger partial charge in [0.25, 0.3) is 0 Å². The summed E-state index contributed by atoms with van der Waals surface area (Å²) in [5.41, 5.74) is 3.31. The van der Waals surface area contributed by atoms with E-state index in [9.17, 15) is 9.59 Å². The fourth-order valence-electron chi connectivity index (χ4n) is 2.55. The molecule has 0 unspecified atom stereocenters. The van der Waals surface area contributed by atoms with Crippen molar-refractivity contribution < 1.29 is 9.59 Å². The summed E-state index contributed by atoms with van der Waals surface area (Å²) in [7, 11) is 0. The maximum atomic E-state index is 12.0. The molecular formula is C20H22O2. The van der Waals surface area contributed by atoms with Crippen LogP contribution in [0.15, 0.2) is 54.6 Å². The van der Waals surface area contributed by atoms with E-state index in [0.717, 1.165) is 11.1 Å². The molecule has 22 heavy (non-hydrogen) atoms. The molecule has 2 aromatic carbocycles. The van der Waals surface area contributed by atoms with Crippen molar-refractivity contribution in [3.8, 4) is 11.1 Å². The highest BCUT2D eigenvalue weighted by molar-refractivity contribution is 5.88. The molecule has 0 saturated carbocycles. The molecule has 0 heterocycles. The summed E-state index contributed by atoms with van der Waals surface area (Å²) >= 11 is 0. The van der Waals surface area contributed by atoms with Crippen LogP contribution in [0.1, 0.15) is 32.3 Å². The van der Waals surface area contributed by atoms with Crippen LogP contribution in [0, 0.1) is 5.92 Å². The Morgan fingerprint density at radius 3 is 2.09 bits per heavy atom. The van der Waals surface area contributed by atoms with E-state index in [1.165, 1.54) is 5.56 Å². The molecule has 0 aliphatic carbocycles. The second-order valence-corrected chi connectivity index (χ2v) is 5.70. The van der Waals surface area contributed by atoms with Gasteiger partial charge in [-0.1, -0.05) is 68.4 Å². The number of hydrogen-bond donors (Lipinski definition) is 0. The molecular weight excluding hydrogens is 272 g/mol. The van der Waals surface area contributed by atoms with Crippen LogP contribution in [0.4, 0.5) is 0 Å². The lowest BCUT2D eigenvalue weighted by Gasteiger charge is -2.08. The average Bonchev–Trinajstić information content (AvgIpc) is 2.55. The van der Waals surface area contributed by atoms with E-state index in [-0.39, 0.29) is 17.5 Å². The fourth-order valence-corrected chi connectivity index (χ4v) is 2.55. The van der Waals surface area contributed by atoms with Gasteiger partial charge in [-0.25, -0.2) is 0 Å². The van der Waals surface area contributed by atoms with Crippen LogP contribution < -0.4 is 0 Å². The van der Waals surface area contributed by atoms with Crippen LogP contribution in [0.5, 0.6) is 0 Å². The minimum atomic E-state index is -0.166. The maximum absolute atomic E-state index is 12.0. The van der Waals surface area contributed by atoms with Crippen molar-refractivity contribution in [3.63, 3.8) is 0 Å². The van der Waals surface area contributed by atoms with Gasteiger partial charge in [0.1, 0.15) is 11.6 Å². The molecule has 0 bridgehead atoms. The van der Waals surface area contributed by atoms with Gasteiger partial charge in [-0.15, -0.1) is 0 Å². The van der Waals surface area contributed by atoms with Gasteiger partial charge in [0.05, 0.1) is 0 Å². The Bertz CT molecular complexity index is 627. The number of ketones is 2. The largest absolute Gasteiger partial charge is 0.299 e. The first kappa shape index (κ1) is 16.2. The predicted molar refractivity (Wildman–Crippen MR) is 89.7 cm³/mol. The molecule has 114 valence electrons. The molecule has 0 aliphatic rings. The topological polar surface area (TPSA) is 34.1 Å². The van der Waals surface area contributed by atoms with Crippen LogP contribution in [-0.2, 0) is 16.0 Å². The number of Topliss-reactive ketones (excluding diaryl/α,β-unsaturated/α-hetero) is 2. The molecule has 0 N–H and O–H groups in total. The van der Waals surface area contributed by atoms with Crippen LogP contribution in [-0.4, -0.2) is 11.6 Å². The summed E-state index contributed by atoms with van der Waals surface area (Å²) in [5, 5.41) is 0. The molecule has 1 atom stereocenters. The highest BCUT2D eigenvalue weighted by atomic mass is 16.1. The Balaban J connectivity index is 1.97. The van der Waals surface area contributed by atoms with Gasteiger partial charge in [0.2, 0.25) is 0 Å². The van der Waals surface area contributed by atoms with E-state index in [0.29, 0.717) is 19.3 Å². The first-order valence-corrected chi connectivity index (χ1v) is 7.79.